The van der Waals surface area contributed by atoms with Gasteiger partial charge in [-0.15, -0.1) is 0 Å². The summed E-state index contributed by atoms with van der Waals surface area (Å²) in [6.07, 6.45) is 1.92. The maximum atomic E-state index is 6.45. The van der Waals surface area contributed by atoms with E-state index < -0.39 is 0 Å². The number of furan rings is 1. The lowest BCUT2D eigenvalue weighted by Crippen LogP contribution is -2.11. The SMILES string of the molecule is Cc1ccc2c(c1)oc1c(-c3ccccc3)ccc(-c3cc(C(C)(C)C)ccn3)c12. The number of nitrogens with zero attached hydrogens (tertiary/aromatic N) is 1. The van der Waals surface area contributed by atoms with E-state index in [1.54, 1.807) is 0 Å². The van der Waals surface area contributed by atoms with Crippen molar-refractivity contribution in [2.45, 2.75) is 33.1 Å². The molecular weight excluding hydrogens is 366 g/mol. The van der Waals surface area contributed by atoms with Gasteiger partial charge in [0.2, 0.25) is 0 Å². The van der Waals surface area contributed by atoms with Crippen LogP contribution < -0.4 is 0 Å². The summed E-state index contributed by atoms with van der Waals surface area (Å²) in [7, 11) is 0. The molecule has 0 saturated heterocycles. The first-order chi connectivity index (χ1) is 14.4. The lowest BCUT2D eigenvalue weighted by atomic mass is 9.86. The van der Waals surface area contributed by atoms with E-state index in [0.717, 1.165) is 44.3 Å². The van der Waals surface area contributed by atoms with Gasteiger partial charge in [-0.1, -0.05) is 69.3 Å². The third kappa shape index (κ3) is 3.09. The maximum absolute atomic E-state index is 6.45. The smallest absolute Gasteiger partial charge is 0.143 e. The standard InChI is InChI=1S/C28H25NO/c1-18-10-11-23-25(16-18)30-27-21(19-8-6-5-7-9-19)12-13-22(26(23)27)24-17-20(14-15-29-24)28(2,3)4/h5-17H,1-4H3. The summed E-state index contributed by atoms with van der Waals surface area (Å²) in [6, 6.07) is 25.5. The van der Waals surface area contributed by atoms with Crippen molar-refractivity contribution < 1.29 is 4.42 Å². The first-order valence-electron chi connectivity index (χ1n) is 10.4. The van der Waals surface area contributed by atoms with E-state index in [0.29, 0.717) is 0 Å². The Kier molecular flexibility index (Phi) is 4.25. The summed E-state index contributed by atoms with van der Waals surface area (Å²) in [5.74, 6) is 0. The van der Waals surface area contributed by atoms with E-state index in [1.807, 2.05) is 12.3 Å². The van der Waals surface area contributed by atoms with Crippen molar-refractivity contribution in [2.24, 2.45) is 0 Å². The van der Waals surface area contributed by atoms with Gasteiger partial charge in [0.05, 0.1) is 5.69 Å². The van der Waals surface area contributed by atoms with Crippen molar-refractivity contribution >= 4 is 21.9 Å². The van der Waals surface area contributed by atoms with Crippen molar-refractivity contribution in [3.63, 3.8) is 0 Å². The lowest BCUT2D eigenvalue weighted by Gasteiger charge is -2.19. The summed E-state index contributed by atoms with van der Waals surface area (Å²) < 4.78 is 6.45. The van der Waals surface area contributed by atoms with Crippen LogP contribution in [0, 0.1) is 6.92 Å². The highest BCUT2D eigenvalue weighted by atomic mass is 16.3. The van der Waals surface area contributed by atoms with Crippen LogP contribution in [0.5, 0.6) is 0 Å². The van der Waals surface area contributed by atoms with Gasteiger partial charge in [-0.25, -0.2) is 0 Å². The number of hydrogen-bond acceptors (Lipinski definition) is 2. The number of rotatable bonds is 2. The summed E-state index contributed by atoms with van der Waals surface area (Å²) in [4.78, 5) is 4.74. The normalized spacial score (nSPS) is 12.0. The van der Waals surface area contributed by atoms with Gasteiger partial charge in [0.1, 0.15) is 11.2 Å². The molecule has 2 heteroatoms. The Labute approximate surface area is 177 Å². The molecule has 3 aromatic carbocycles. The molecule has 0 spiro atoms. The molecule has 0 saturated carbocycles. The van der Waals surface area contributed by atoms with Gasteiger partial charge in [0.15, 0.2) is 0 Å². The molecule has 0 bridgehead atoms. The molecule has 30 heavy (non-hydrogen) atoms. The molecular formula is C28H25NO. The van der Waals surface area contributed by atoms with Gasteiger partial charge in [-0.3, -0.25) is 4.98 Å². The van der Waals surface area contributed by atoms with Crippen molar-refractivity contribution in [2.75, 3.05) is 0 Å². The van der Waals surface area contributed by atoms with Gasteiger partial charge in [-0.2, -0.15) is 0 Å². The Balaban J connectivity index is 1.85. The van der Waals surface area contributed by atoms with Crippen LogP contribution in [0.3, 0.4) is 0 Å². The molecule has 0 fully saturated rings. The number of fused-ring (bicyclic) bond motifs is 3. The van der Waals surface area contributed by atoms with Crippen LogP contribution in [0.25, 0.3) is 44.3 Å². The zero-order valence-electron chi connectivity index (χ0n) is 17.9. The zero-order chi connectivity index (χ0) is 20.9. The minimum Gasteiger partial charge on any atom is -0.455 e. The summed E-state index contributed by atoms with van der Waals surface area (Å²) in [5.41, 5.74) is 8.72. The largest absolute Gasteiger partial charge is 0.455 e. The van der Waals surface area contributed by atoms with E-state index in [9.17, 15) is 0 Å². The van der Waals surface area contributed by atoms with Crippen molar-refractivity contribution in [3.05, 3.63) is 90.1 Å². The van der Waals surface area contributed by atoms with Crippen LogP contribution in [-0.2, 0) is 5.41 Å². The summed E-state index contributed by atoms with van der Waals surface area (Å²) in [6.45, 7) is 8.79. The van der Waals surface area contributed by atoms with Gasteiger partial charge in [-0.05, 0) is 53.3 Å². The monoisotopic (exact) mass is 391 g/mol. The topological polar surface area (TPSA) is 26.0 Å². The Morgan fingerprint density at radius 2 is 1.57 bits per heavy atom. The molecule has 2 aromatic heterocycles. The third-order valence-electron chi connectivity index (χ3n) is 5.76. The van der Waals surface area contributed by atoms with E-state index in [-0.39, 0.29) is 5.41 Å². The quantitative estimate of drug-likeness (QED) is 0.305. The van der Waals surface area contributed by atoms with Gasteiger partial charge < -0.3 is 4.42 Å². The minimum absolute atomic E-state index is 0.0658. The fraction of sp³-hybridized carbons (Fsp3) is 0.179. The lowest BCUT2D eigenvalue weighted by molar-refractivity contribution is 0.589. The predicted molar refractivity (Wildman–Crippen MR) is 126 cm³/mol. The highest BCUT2D eigenvalue weighted by Crippen LogP contribution is 2.41. The molecule has 0 aliphatic rings. The first-order valence-corrected chi connectivity index (χ1v) is 10.4. The highest BCUT2D eigenvalue weighted by molar-refractivity contribution is 6.16. The second kappa shape index (κ2) is 6.84. The Morgan fingerprint density at radius 3 is 2.33 bits per heavy atom. The van der Waals surface area contributed by atoms with Crippen LogP contribution in [0.15, 0.2) is 83.4 Å². The van der Waals surface area contributed by atoms with Crippen molar-refractivity contribution in [1.82, 2.24) is 4.98 Å². The number of aryl methyl sites for hydroxylation is 1. The molecule has 148 valence electrons. The van der Waals surface area contributed by atoms with Crippen LogP contribution in [-0.4, -0.2) is 4.98 Å². The van der Waals surface area contributed by atoms with Crippen LogP contribution in [0.2, 0.25) is 0 Å². The van der Waals surface area contributed by atoms with E-state index in [1.165, 1.54) is 11.1 Å². The fourth-order valence-electron chi connectivity index (χ4n) is 4.09. The minimum atomic E-state index is 0.0658. The molecule has 2 nitrogen and oxygen atoms in total. The van der Waals surface area contributed by atoms with Gasteiger partial charge >= 0.3 is 0 Å². The second-order valence-corrected chi connectivity index (χ2v) is 9.01. The molecule has 0 unspecified atom stereocenters. The second-order valence-electron chi connectivity index (χ2n) is 9.01. The number of pyridine rings is 1. The summed E-state index contributed by atoms with van der Waals surface area (Å²) in [5, 5.41) is 2.26. The molecule has 0 amide bonds. The van der Waals surface area contributed by atoms with E-state index in [2.05, 4.69) is 94.4 Å². The first kappa shape index (κ1) is 18.6. The molecule has 0 N–H and O–H groups in total. The highest BCUT2D eigenvalue weighted by Gasteiger charge is 2.20. The molecule has 2 heterocycles. The molecule has 5 rings (SSSR count). The van der Waals surface area contributed by atoms with E-state index in [4.69, 9.17) is 9.40 Å². The molecule has 0 radical (unpaired) electrons. The Bertz CT molecular complexity index is 1370. The van der Waals surface area contributed by atoms with Crippen molar-refractivity contribution in [3.8, 4) is 22.4 Å². The van der Waals surface area contributed by atoms with Crippen molar-refractivity contribution in [1.29, 1.82) is 0 Å². The predicted octanol–water partition coefficient (Wildman–Crippen LogP) is 7.92. The Hall–Kier alpha value is -3.39. The maximum Gasteiger partial charge on any atom is 0.143 e. The number of aromatic nitrogens is 1. The number of hydrogen-bond donors (Lipinski definition) is 0. The zero-order valence-corrected chi connectivity index (χ0v) is 17.9. The Morgan fingerprint density at radius 1 is 0.800 bits per heavy atom. The van der Waals surface area contributed by atoms with E-state index >= 15 is 0 Å². The molecule has 0 aliphatic carbocycles. The fourth-order valence-corrected chi connectivity index (χ4v) is 4.09. The molecule has 0 atom stereocenters. The number of benzene rings is 3. The average molecular weight is 392 g/mol. The van der Waals surface area contributed by atoms with Gasteiger partial charge in [0.25, 0.3) is 0 Å². The van der Waals surface area contributed by atoms with Crippen LogP contribution >= 0.6 is 0 Å². The summed E-state index contributed by atoms with van der Waals surface area (Å²) >= 11 is 0. The molecule has 5 aromatic rings. The average Bonchev–Trinajstić information content (AvgIpc) is 3.11. The van der Waals surface area contributed by atoms with Crippen LogP contribution in [0.1, 0.15) is 31.9 Å². The third-order valence-corrected chi connectivity index (χ3v) is 5.76. The van der Waals surface area contributed by atoms with Crippen LogP contribution in [0.4, 0.5) is 0 Å². The molecule has 0 aliphatic heterocycles. The van der Waals surface area contributed by atoms with Gasteiger partial charge in [0, 0.05) is 28.1 Å².